The van der Waals surface area contributed by atoms with E-state index in [1.165, 1.54) is 0 Å². The standard InChI is InChI=1S/C22H37NO5/c1-2-3-6-9-17(25)12-13-19-18(20-16-21(19)28-27-20)10-7-4-5-8-11-22(26)23-14-15-24/h4,7,12-13,17-21,24-25H,2-3,5-6,8-11,14-16H2,1H3,(H,23,26)/b7-4-,13-12+/t17-,18+,19+,20-,21+/m0/s1. The lowest BCUT2D eigenvalue weighted by Gasteiger charge is -2.27. The maximum Gasteiger partial charge on any atom is 0.220 e. The Bertz CT molecular complexity index is 507. The fourth-order valence-corrected chi connectivity index (χ4v) is 4.01. The van der Waals surface area contributed by atoms with Gasteiger partial charge in [-0.3, -0.25) is 4.79 Å². The molecule has 1 amide bonds. The van der Waals surface area contributed by atoms with E-state index in [0.29, 0.717) is 18.9 Å². The van der Waals surface area contributed by atoms with Gasteiger partial charge in [0.05, 0.1) is 18.8 Å². The zero-order valence-electron chi connectivity index (χ0n) is 17.1. The lowest BCUT2D eigenvalue weighted by molar-refractivity contribution is -0.336. The van der Waals surface area contributed by atoms with Gasteiger partial charge in [0.1, 0.15) is 6.10 Å². The SMILES string of the molecule is CCCCC[C@H](O)/C=C/[C@@H]1[C@@H](C/C=C\CCCC(=O)NCCO)[C@@H]2C[C@H]1OO2. The molecule has 0 unspecified atom stereocenters. The van der Waals surface area contributed by atoms with Crippen molar-refractivity contribution in [3.63, 3.8) is 0 Å². The average Bonchev–Trinajstić information content (AvgIpc) is 3.29. The zero-order valence-corrected chi connectivity index (χ0v) is 17.1. The van der Waals surface area contributed by atoms with Crippen LogP contribution in [-0.2, 0) is 14.6 Å². The lowest BCUT2D eigenvalue weighted by atomic mass is 9.89. The molecule has 2 rings (SSSR count). The Hall–Kier alpha value is -1.21. The second kappa shape index (κ2) is 13.1. The van der Waals surface area contributed by atoms with Crippen LogP contribution in [-0.4, -0.2) is 47.6 Å². The Morgan fingerprint density at radius 3 is 2.82 bits per heavy atom. The maximum atomic E-state index is 11.5. The quantitative estimate of drug-likeness (QED) is 0.239. The van der Waals surface area contributed by atoms with Gasteiger partial charge >= 0.3 is 0 Å². The number of carbonyl (C=O) groups excluding carboxylic acids is 1. The normalized spacial score (nSPS) is 27.8. The molecule has 28 heavy (non-hydrogen) atoms. The van der Waals surface area contributed by atoms with Crippen molar-refractivity contribution in [2.45, 2.75) is 83.0 Å². The Kier molecular flexibility index (Phi) is 10.8. The number of rotatable bonds is 14. The van der Waals surface area contributed by atoms with Crippen LogP contribution in [0.3, 0.4) is 0 Å². The summed E-state index contributed by atoms with van der Waals surface area (Å²) < 4.78 is 0. The van der Waals surface area contributed by atoms with Gasteiger partial charge in [-0.25, -0.2) is 9.78 Å². The van der Waals surface area contributed by atoms with Crippen molar-refractivity contribution < 1.29 is 24.8 Å². The summed E-state index contributed by atoms with van der Waals surface area (Å²) >= 11 is 0. The Balaban J connectivity index is 1.71. The number of aliphatic hydroxyl groups excluding tert-OH is 2. The van der Waals surface area contributed by atoms with Crippen molar-refractivity contribution in [1.29, 1.82) is 0 Å². The molecule has 1 saturated heterocycles. The number of fused-ring (bicyclic) bond motifs is 2. The first kappa shape index (κ1) is 23.1. The average molecular weight is 396 g/mol. The first-order valence-corrected chi connectivity index (χ1v) is 10.9. The van der Waals surface area contributed by atoms with Gasteiger partial charge in [0.15, 0.2) is 0 Å². The summed E-state index contributed by atoms with van der Waals surface area (Å²) in [5.41, 5.74) is 0. The fourth-order valence-electron chi connectivity index (χ4n) is 4.01. The van der Waals surface area contributed by atoms with Crippen molar-refractivity contribution in [3.8, 4) is 0 Å². The smallest absolute Gasteiger partial charge is 0.220 e. The molecule has 1 heterocycles. The van der Waals surface area contributed by atoms with E-state index in [4.69, 9.17) is 14.9 Å². The fraction of sp³-hybridized carbons (Fsp3) is 0.773. The number of unbranched alkanes of at least 4 members (excludes halogenated alkanes) is 3. The molecule has 0 spiro atoms. The van der Waals surface area contributed by atoms with Crippen LogP contribution in [0.2, 0.25) is 0 Å². The molecule has 2 aliphatic rings. The molecule has 1 aliphatic heterocycles. The van der Waals surface area contributed by atoms with Crippen LogP contribution in [0.25, 0.3) is 0 Å². The molecule has 6 heteroatoms. The van der Waals surface area contributed by atoms with E-state index in [9.17, 15) is 9.90 Å². The van der Waals surface area contributed by atoms with Gasteiger partial charge in [-0.05, 0) is 25.7 Å². The largest absolute Gasteiger partial charge is 0.395 e. The van der Waals surface area contributed by atoms with Crippen LogP contribution in [0.15, 0.2) is 24.3 Å². The molecule has 6 nitrogen and oxygen atoms in total. The Morgan fingerprint density at radius 2 is 2.04 bits per heavy atom. The third-order valence-electron chi connectivity index (χ3n) is 5.61. The number of amides is 1. The molecule has 0 radical (unpaired) electrons. The molecule has 2 fully saturated rings. The highest BCUT2D eigenvalue weighted by molar-refractivity contribution is 5.75. The lowest BCUT2D eigenvalue weighted by Crippen LogP contribution is -2.28. The molecule has 0 aromatic heterocycles. The van der Waals surface area contributed by atoms with Crippen LogP contribution in [0.1, 0.15) is 64.7 Å². The van der Waals surface area contributed by atoms with E-state index < -0.39 is 0 Å². The zero-order chi connectivity index (χ0) is 20.2. The van der Waals surface area contributed by atoms with Crippen molar-refractivity contribution in [2.24, 2.45) is 11.8 Å². The minimum atomic E-state index is -0.375. The molecule has 1 saturated carbocycles. The first-order valence-electron chi connectivity index (χ1n) is 10.9. The van der Waals surface area contributed by atoms with Crippen molar-refractivity contribution >= 4 is 5.91 Å². The second-order valence-electron chi connectivity index (χ2n) is 7.87. The summed E-state index contributed by atoms with van der Waals surface area (Å²) in [6.07, 6.45) is 16.4. The van der Waals surface area contributed by atoms with Crippen molar-refractivity contribution in [1.82, 2.24) is 5.32 Å². The van der Waals surface area contributed by atoms with Gasteiger partial charge < -0.3 is 15.5 Å². The number of carbonyl (C=O) groups is 1. The topological polar surface area (TPSA) is 88.0 Å². The first-order chi connectivity index (χ1) is 13.7. The van der Waals surface area contributed by atoms with Gasteiger partial charge in [0.2, 0.25) is 5.91 Å². The molecule has 160 valence electrons. The summed E-state index contributed by atoms with van der Waals surface area (Å²) in [6.45, 7) is 2.47. The summed E-state index contributed by atoms with van der Waals surface area (Å²) in [5.74, 6) is 0.652. The van der Waals surface area contributed by atoms with Gasteiger partial charge in [0.25, 0.3) is 0 Å². The van der Waals surface area contributed by atoms with Crippen LogP contribution < -0.4 is 5.32 Å². The van der Waals surface area contributed by atoms with Crippen LogP contribution in [0.5, 0.6) is 0 Å². The van der Waals surface area contributed by atoms with Gasteiger partial charge in [-0.2, -0.15) is 0 Å². The summed E-state index contributed by atoms with van der Waals surface area (Å²) in [4.78, 5) is 22.3. The third kappa shape index (κ3) is 7.66. The third-order valence-corrected chi connectivity index (χ3v) is 5.61. The number of nitrogens with one attached hydrogen (secondary N) is 1. The predicted octanol–water partition coefficient (Wildman–Crippen LogP) is 3.04. The molecule has 1 aliphatic carbocycles. The van der Waals surface area contributed by atoms with Gasteiger partial charge in [-0.15, -0.1) is 0 Å². The number of hydrogen-bond acceptors (Lipinski definition) is 5. The minimum absolute atomic E-state index is 0.0104. The van der Waals surface area contributed by atoms with E-state index in [1.807, 2.05) is 6.08 Å². The summed E-state index contributed by atoms with van der Waals surface area (Å²) in [6, 6.07) is 0. The molecule has 0 aromatic carbocycles. The highest BCUT2D eigenvalue weighted by Crippen LogP contribution is 2.44. The maximum absolute atomic E-state index is 11.5. The number of hydrogen-bond donors (Lipinski definition) is 3. The van der Waals surface area contributed by atoms with E-state index >= 15 is 0 Å². The highest BCUT2D eigenvalue weighted by Gasteiger charge is 2.49. The van der Waals surface area contributed by atoms with E-state index in [2.05, 4.69) is 30.5 Å². The van der Waals surface area contributed by atoms with E-state index in [0.717, 1.165) is 51.4 Å². The van der Waals surface area contributed by atoms with Crippen LogP contribution >= 0.6 is 0 Å². The highest BCUT2D eigenvalue weighted by atomic mass is 17.2. The monoisotopic (exact) mass is 395 g/mol. The van der Waals surface area contributed by atoms with Crippen molar-refractivity contribution in [3.05, 3.63) is 24.3 Å². The van der Waals surface area contributed by atoms with Crippen molar-refractivity contribution in [2.75, 3.05) is 13.2 Å². The Labute approximate surface area is 168 Å². The summed E-state index contributed by atoms with van der Waals surface area (Å²) in [7, 11) is 0. The van der Waals surface area contributed by atoms with E-state index in [1.54, 1.807) is 0 Å². The number of allylic oxidation sites excluding steroid dienone is 2. The van der Waals surface area contributed by atoms with Crippen LogP contribution in [0, 0.1) is 11.8 Å². The molecular formula is C22H37NO5. The molecule has 5 atom stereocenters. The second-order valence-corrected chi connectivity index (χ2v) is 7.87. The minimum Gasteiger partial charge on any atom is -0.395 e. The number of aliphatic hydroxyl groups is 2. The van der Waals surface area contributed by atoms with Crippen LogP contribution in [0.4, 0.5) is 0 Å². The molecular weight excluding hydrogens is 358 g/mol. The molecule has 3 N–H and O–H groups in total. The van der Waals surface area contributed by atoms with E-state index in [-0.39, 0.29) is 36.7 Å². The molecule has 0 aromatic rings. The van der Waals surface area contributed by atoms with Gasteiger partial charge in [-0.1, -0.05) is 50.5 Å². The summed E-state index contributed by atoms with van der Waals surface area (Å²) in [5, 5.41) is 21.5. The Morgan fingerprint density at radius 1 is 1.21 bits per heavy atom. The van der Waals surface area contributed by atoms with Gasteiger partial charge in [0, 0.05) is 31.2 Å². The molecule has 2 bridgehead atoms. The predicted molar refractivity (Wildman–Crippen MR) is 108 cm³/mol.